The lowest BCUT2D eigenvalue weighted by atomic mass is 10.1. The van der Waals surface area contributed by atoms with E-state index in [1.807, 2.05) is 39.8 Å². The van der Waals surface area contributed by atoms with Gasteiger partial charge in [0.25, 0.3) is 0 Å². The molecule has 1 aromatic rings. The SMILES string of the molecule is CC.CC.CC(=O)c1ccc(OCCN2CCOCC2)cc1. The summed E-state index contributed by atoms with van der Waals surface area (Å²) in [7, 11) is 0. The number of hydrogen-bond acceptors (Lipinski definition) is 4. The van der Waals surface area contributed by atoms with E-state index in [0.717, 1.165) is 44.2 Å². The summed E-state index contributed by atoms with van der Waals surface area (Å²) < 4.78 is 10.9. The number of morpholine rings is 1. The molecule has 4 heteroatoms. The van der Waals surface area contributed by atoms with Gasteiger partial charge in [-0.15, -0.1) is 0 Å². The summed E-state index contributed by atoms with van der Waals surface area (Å²) in [6.45, 7) is 14.7. The second kappa shape index (κ2) is 13.3. The highest BCUT2D eigenvalue weighted by Gasteiger charge is 2.09. The molecule has 1 saturated heterocycles. The van der Waals surface area contributed by atoms with Gasteiger partial charge in [0.1, 0.15) is 12.4 Å². The molecule has 0 unspecified atom stereocenters. The molecule has 0 amide bonds. The highest BCUT2D eigenvalue weighted by atomic mass is 16.5. The molecule has 126 valence electrons. The molecule has 22 heavy (non-hydrogen) atoms. The van der Waals surface area contributed by atoms with Crippen molar-refractivity contribution in [2.24, 2.45) is 0 Å². The quantitative estimate of drug-likeness (QED) is 0.778. The molecule has 1 fully saturated rings. The molecular weight excluding hydrogens is 278 g/mol. The second-order valence-corrected chi connectivity index (χ2v) is 4.38. The van der Waals surface area contributed by atoms with Gasteiger partial charge in [-0.1, -0.05) is 27.7 Å². The van der Waals surface area contributed by atoms with Crippen LogP contribution in [0, 0.1) is 0 Å². The van der Waals surface area contributed by atoms with E-state index in [-0.39, 0.29) is 5.78 Å². The Morgan fingerprint density at radius 1 is 1.09 bits per heavy atom. The highest BCUT2D eigenvalue weighted by Crippen LogP contribution is 2.12. The van der Waals surface area contributed by atoms with Gasteiger partial charge in [-0.2, -0.15) is 0 Å². The summed E-state index contributed by atoms with van der Waals surface area (Å²) >= 11 is 0. The van der Waals surface area contributed by atoms with Gasteiger partial charge in [0.05, 0.1) is 13.2 Å². The van der Waals surface area contributed by atoms with E-state index >= 15 is 0 Å². The molecule has 0 saturated carbocycles. The molecule has 1 aromatic carbocycles. The topological polar surface area (TPSA) is 38.8 Å². The van der Waals surface area contributed by atoms with Crippen LogP contribution >= 0.6 is 0 Å². The molecule has 1 aliphatic rings. The number of carbonyl (C=O) groups is 1. The number of Topliss-reactive ketones (excluding diaryl/α,β-unsaturated/α-hetero) is 1. The predicted molar refractivity (Wildman–Crippen MR) is 91.9 cm³/mol. The first-order valence-corrected chi connectivity index (χ1v) is 8.29. The van der Waals surface area contributed by atoms with Gasteiger partial charge in [-0.25, -0.2) is 0 Å². The fourth-order valence-electron chi connectivity index (χ4n) is 1.90. The molecule has 1 heterocycles. The largest absolute Gasteiger partial charge is 0.492 e. The summed E-state index contributed by atoms with van der Waals surface area (Å²) in [5.41, 5.74) is 0.718. The van der Waals surface area contributed by atoms with Crippen molar-refractivity contribution in [3.05, 3.63) is 29.8 Å². The van der Waals surface area contributed by atoms with Crippen LogP contribution in [0.15, 0.2) is 24.3 Å². The molecule has 0 radical (unpaired) electrons. The van der Waals surface area contributed by atoms with Crippen LogP contribution in [0.4, 0.5) is 0 Å². The molecular formula is C18H31NO3. The first kappa shape index (κ1) is 20.6. The third kappa shape index (κ3) is 8.15. The maximum absolute atomic E-state index is 11.1. The van der Waals surface area contributed by atoms with Crippen LogP contribution in [-0.4, -0.2) is 50.1 Å². The van der Waals surface area contributed by atoms with E-state index in [1.165, 1.54) is 0 Å². The van der Waals surface area contributed by atoms with E-state index in [4.69, 9.17) is 9.47 Å². The zero-order valence-electron chi connectivity index (χ0n) is 14.7. The number of carbonyl (C=O) groups excluding carboxylic acids is 1. The minimum absolute atomic E-state index is 0.0786. The van der Waals surface area contributed by atoms with Crippen LogP contribution < -0.4 is 4.74 Å². The standard InChI is InChI=1S/C14H19NO3.2C2H6/c1-12(16)13-2-4-14(5-3-13)18-11-8-15-6-9-17-10-7-15;2*1-2/h2-5H,6-11H2,1H3;2*1-2H3. The van der Waals surface area contributed by atoms with Crippen molar-refractivity contribution in [3.8, 4) is 5.75 Å². The molecule has 0 atom stereocenters. The van der Waals surface area contributed by atoms with Crippen LogP contribution in [0.2, 0.25) is 0 Å². The average Bonchev–Trinajstić information content (AvgIpc) is 2.60. The molecule has 0 bridgehead atoms. The summed E-state index contributed by atoms with van der Waals surface area (Å²) in [6.07, 6.45) is 0. The van der Waals surface area contributed by atoms with Gasteiger partial charge in [-0.05, 0) is 31.2 Å². The smallest absolute Gasteiger partial charge is 0.159 e. The average molecular weight is 309 g/mol. The van der Waals surface area contributed by atoms with Gasteiger partial charge in [-0.3, -0.25) is 9.69 Å². The Bertz CT molecular complexity index is 384. The Morgan fingerprint density at radius 3 is 2.14 bits per heavy atom. The number of benzene rings is 1. The maximum Gasteiger partial charge on any atom is 0.159 e. The lowest BCUT2D eigenvalue weighted by molar-refractivity contribution is 0.0322. The number of hydrogen-bond donors (Lipinski definition) is 0. The molecule has 0 spiro atoms. The monoisotopic (exact) mass is 309 g/mol. The van der Waals surface area contributed by atoms with Crippen molar-refractivity contribution in [1.82, 2.24) is 4.90 Å². The van der Waals surface area contributed by atoms with Crippen molar-refractivity contribution < 1.29 is 14.3 Å². The van der Waals surface area contributed by atoms with Crippen LogP contribution in [0.3, 0.4) is 0 Å². The van der Waals surface area contributed by atoms with Crippen molar-refractivity contribution in [3.63, 3.8) is 0 Å². The Morgan fingerprint density at radius 2 is 1.64 bits per heavy atom. The van der Waals surface area contributed by atoms with Crippen LogP contribution in [0.5, 0.6) is 5.75 Å². The second-order valence-electron chi connectivity index (χ2n) is 4.38. The van der Waals surface area contributed by atoms with Crippen molar-refractivity contribution in [2.75, 3.05) is 39.5 Å². The third-order valence-corrected chi connectivity index (χ3v) is 3.04. The van der Waals surface area contributed by atoms with E-state index < -0.39 is 0 Å². The fraction of sp³-hybridized carbons (Fsp3) is 0.611. The number of ether oxygens (including phenoxy) is 2. The third-order valence-electron chi connectivity index (χ3n) is 3.04. The van der Waals surface area contributed by atoms with E-state index in [9.17, 15) is 4.79 Å². The minimum Gasteiger partial charge on any atom is -0.492 e. The minimum atomic E-state index is 0.0786. The number of ketones is 1. The Labute approximate surface area is 135 Å². The first-order chi connectivity index (χ1) is 10.8. The van der Waals surface area contributed by atoms with Gasteiger partial charge in [0.2, 0.25) is 0 Å². The van der Waals surface area contributed by atoms with Crippen LogP contribution in [0.25, 0.3) is 0 Å². The Hall–Kier alpha value is -1.39. The molecule has 0 N–H and O–H groups in total. The molecule has 1 aliphatic heterocycles. The lowest BCUT2D eigenvalue weighted by Crippen LogP contribution is -2.38. The Kier molecular flexibility index (Phi) is 12.4. The normalized spacial score (nSPS) is 14.0. The first-order valence-electron chi connectivity index (χ1n) is 8.29. The summed E-state index contributed by atoms with van der Waals surface area (Å²) in [5.74, 6) is 0.892. The van der Waals surface area contributed by atoms with Gasteiger partial charge in [0.15, 0.2) is 5.78 Å². The van der Waals surface area contributed by atoms with E-state index in [2.05, 4.69) is 4.90 Å². The van der Waals surface area contributed by atoms with Crippen molar-refractivity contribution >= 4 is 5.78 Å². The number of rotatable bonds is 5. The van der Waals surface area contributed by atoms with Gasteiger partial charge >= 0.3 is 0 Å². The van der Waals surface area contributed by atoms with E-state index in [0.29, 0.717) is 6.61 Å². The summed E-state index contributed by atoms with van der Waals surface area (Å²) in [5, 5.41) is 0. The van der Waals surface area contributed by atoms with Gasteiger partial charge < -0.3 is 9.47 Å². The van der Waals surface area contributed by atoms with Crippen LogP contribution in [0.1, 0.15) is 45.0 Å². The van der Waals surface area contributed by atoms with Gasteiger partial charge in [0, 0.05) is 25.2 Å². The Balaban J connectivity index is 0.00000102. The van der Waals surface area contributed by atoms with E-state index in [1.54, 1.807) is 19.1 Å². The summed E-state index contributed by atoms with van der Waals surface area (Å²) in [4.78, 5) is 13.4. The van der Waals surface area contributed by atoms with Crippen molar-refractivity contribution in [1.29, 1.82) is 0 Å². The zero-order valence-corrected chi connectivity index (χ0v) is 14.7. The number of nitrogens with zero attached hydrogens (tertiary/aromatic N) is 1. The lowest BCUT2D eigenvalue weighted by Gasteiger charge is -2.26. The highest BCUT2D eigenvalue weighted by molar-refractivity contribution is 5.94. The predicted octanol–water partition coefficient (Wildman–Crippen LogP) is 3.65. The molecule has 0 aliphatic carbocycles. The zero-order chi connectivity index (χ0) is 16.8. The molecule has 4 nitrogen and oxygen atoms in total. The fourth-order valence-corrected chi connectivity index (χ4v) is 1.90. The summed E-state index contributed by atoms with van der Waals surface area (Å²) in [6, 6.07) is 7.28. The molecule has 2 rings (SSSR count). The van der Waals surface area contributed by atoms with Crippen LogP contribution in [-0.2, 0) is 4.74 Å². The molecule has 0 aromatic heterocycles. The maximum atomic E-state index is 11.1. The van der Waals surface area contributed by atoms with Crippen molar-refractivity contribution in [2.45, 2.75) is 34.6 Å².